The van der Waals surface area contributed by atoms with E-state index in [-0.39, 0.29) is 36.0 Å². The number of halogens is 3. The van der Waals surface area contributed by atoms with Gasteiger partial charge in [-0.2, -0.15) is 0 Å². The molecule has 0 radical (unpaired) electrons. The first kappa shape index (κ1) is 21.0. The Bertz CT molecular complexity index is 870. The van der Waals surface area contributed by atoms with Crippen LogP contribution in [0.15, 0.2) is 22.6 Å². The summed E-state index contributed by atoms with van der Waals surface area (Å²) in [5.41, 5.74) is 0.389. The molecule has 2 N–H and O–H groups in total. The largest absolute Gasteiger partial charge is 0.502 e. The van der Waals surface area contributed by atoms with E-state index in [1.54, 1.807) is 0 Å². The van der Waals surface area contributed by atoms with E-state index < -0.39 is 21.7 Å². The molecule has 0 bridgehead atoms. The maximum atomic E-state index is 11.4. The van der Waals surface area contributed by atoms with Gasteiger partial charge in [0, 0.05) is 29.1 Å². The molecule has 142 valence electrons. The lowest BCUT2D eigenvalue weighted by atomic mass is 10.1. The van der Waals surface area contributed by atoms with Crippen LogP contribution in [0.25, 0.3) is 11.3 Å². The molecule has 26 heavy (non-hydrogen) atoms. The minimum Gasteiger partial charge on any atom is -0.502 e. The van der Waals surface area contributed by atoms with Gasteiger partial charge in [0.25, 0.3) is 0 Å². The molecule has 2 rings (SSSR count). The van der Waals surface area contributed by atoms with E-state index in [9.17, 15) is 18.3 Å². The van der Waals surface area contributed by atoms with E-state index in [0.717, 1.165) is 0 Å². The molecule has 0 spiro atoms. The van der Waals surface area contributed by atoms with E-state index in [2.05, 4.69) is 20.7 Å². The van der Waals surface area contributed by atoms with Crippen molar-refractivity contribution < 1.29 is 27.5 Å². The molecule has 1 aromatic carbocycles. The lowest BCUT2D eigenvalue weighted by molar-refractivity contribution is -0.132. The normalized spacial score (nSPS) is 12.3. The van der Waals surface area contributed by atoms with Crippen molar-refractivity contribution in [3.63, 3.8) is 0 Å². The van der Waals surface area contributed by atoms with Crippen molar-refractivity contribution >= 4 is 56.0 Å². The molecule has 2 aromatic rings. The molecule has 0 amide bonds. The lowest BCUT2D eigenvalue weighted by Crippen LogP contribution is -2.14. The Morgan fingerprint density at radius 3 is 2.50 bits per heavy atom. The molecule has 0 aliphatic rings. The van der Waals surface area contributed by atoms with E-state index >= 15 is 0 Å². The van der Waals surface area contributed by atoms with Crippen LogP contribution < -0.4 is 9.46 Å². The third-order valence-electron chi connectivity index (χ3n) is 3.16. The summed E-state index contributed by atoms with van der Waals surface area (Å²) in [5.74, 6) is -1.05. The van der Waals surface area contributed by atoms with Crippen molar-refractivity contribution in [1.29, 1.82) is 0 Å². The highest BCUT2D eigenvalue weighted by Crippen LogP contribution is 2.48. The summed E-state index contributed by atoms with van der Waals surface area (Å²) in [5, 5.41) is 11.1. The molecule has 11 heteroatoms. The summed E-state index contributed by atoms with van der Waals surface area (Å²) in [4.78, 5) is 10.8. The van der Waals surface area contributed by atoms with E-state index in [1.165, 1.54) is 25.1 Å². The van der Waals surface area contributed by atoms with Crippen LogP contribution in [-0.2, 0) is 15.7 Å². The van der Waals surface area contributed by atoms with E-state index in [0.29, 0.717) is 15.6 Å². The van der Waals surface area contributed by atoms with Gasteiger partial charge < -0.3 is 14.3 Å². The van der Waals surface area contributed by atoms with E-state index in [1.807, 2.05) is 0 Å². The molecule has 1 heterocycles. The monoisotopic (exact) mass is 485 g/mol. The Hall–Kier alpha value is -1.26. The fourth-order valence-corrected chi connectivity index (χ4v) is 3.54. The second-order valence-electron chi connectivity index (χ2n) is 5.15. The SMILES string of the molecule is CC(=O)Oc1c(C(Br)CCN[SH](=O)=O)oc(-c2cc(Cl)cc(Cl)c2)c1O. The number of carbonyl (C=O) groups is 1. The second kappa shape index (κ2) is 9.09. The van der Waals surface area contributed by atoms with Crippen LogP contribution in [0.3, 0.4) is 0 Å². The topological polar surface area (TPSA) is 106 Å². The molecule has 0 aliphatic carbocycles. The van der Waals surface area contributed by atoms with E-state index in [4.69, 9.17) is 32.4 Å². The van der Waals surface area contributed by atoms with Gasteiger partial charge in [0.05, 0.1) is 4.83 Å². The van der Waals surface area contributed by atoms with Crippen molar-refractivity contribution in [2.75, 3.05) is 6.54 Å². The number of hydrogen-bond acceptors (Lipinski definition) is 6. The Labute approximate surface area is 169 Å². The summed E-state index contributed by atoms with van der Waals surface area (Å²) in [6.45, 7) is 1.30. The number of hydrogen-bond donors (Lipinski definition) is 3. The van der Waals surface area contributed by atoms with Gasteiger partial charge in [0.1, 0.15) is 0 Å². The number of thiol groups is 1. The quantitative estimate of drug-likeness (QED) is 0.312. The van der Waals surface area contributed by atoms with Crippen LogP contribution in [0, 0.1) is 0 Å². The van der Waals surface area contributed by atoms with Gasteiger partial charge in [-0.25, -0.2) is 13.1 Å². The first-order chi connectivity index (χ1) is 12.2. The van der Waals surface area contributed by atoms with Gasteiger partial charge in [-0.3, -0.25) is 4.79 Å². The zero-order chi connectivity index (χ0) is 19.4. The van der Waals surface area contributed by atoms with Crippen molar-refractivity contribution in [3.05, 3.63) is 34.0 Å². The van der Waals surface area contributed by atoms with Crippen LogP contribution in [0.1, 0.15) is 23.9 Å². The molecular weight excluding hydrogens is 473 g/mol. The average molecular weight is 487 g/mol. The van der Waals surface area contributed by atoms with Gasteiger partial charge in [-0.05, 0) is 24.6 Å². The highest BCUT2D eigenvalue weighted by atomic mass is 79.9. The Morgan fingerprint density at radius 2 is 1.96 bits per heavy atom. The fourth-order valence-electron chi connectivity index (χ4n) is 2.17. The number of carbonyl (C=O) groups excluding carboxylic acids is 1. The Kier molecular flexibility index (Phi) is 7.36. The zero-order valence-electron chi connectivity index (χ0n) is 13.3. The number of alkyl halides is 1. The predicted octanol–water partition coefficient (Wildman–Crippen LogP) is 3.83. The highest BCUT2D eigenvalue weighted by Gasteiger charge is 2.28. The van der Waals surface area contributed by atoms with Gasteiger partial charge in [-0.15, -0.1) is 0 Å². The van der Waals surface area contributed by atoms with Crippen molar-refractivity contribution in [2.24, 2.45) is 0 Å². The van der Waals surface area contributed by atoms with Crippen LogP contribution >= 0.6 is 39.1 Å². The lowest BCUT2D eigenvalue weighted by Gasteiger charge is -2.08. The summed E-state index contributed by atoms with van der Waals surface area (Å²) < 4.78 is 34.2. The van der Waals surface area contributed by atoms with Gasteiger partial charge in [-0.1, -0.05) is 39.1 Å². The van der Waals surface area contributed by atoms with Gasteiger partial charge >= 0.3 is 5.97 Å². The van der Waals surface area contributed by atoms with Crippen LogP contribution in [0.4, 0.5) is 0 Å². The summed E-state index contributed by atoms with van der Waals surface area (Å²) >= 11 is 15.3. The first-order valence-electron chi connectivity index (χ1n) is 7.21. The molecule has 0 saturated heterocycles. The third-order valence-corrected chi connectivity index (χ3v) is 4.95. The second-order valence-corrected chi connectivity index (χ2v) is 7.96. The van der Waals surface area contributed by atoms with Crippen molar-refractivity contribution in [2.45, 2.75) is 18.2 Å². The Balaban J connectivity index is 2.44. The number of ether oxygens (including phenoxy) is 1. The molecule has 0 aliphatic heterocycles. The van der Waals surface area contributed by atoms with Gasteiger partial charge in [0.15, 0.2) is 11.5 Å². The molecule has 1 atom stereocenters. The Morgan fingerprint density at radius 1 is 1.35 bits per heavy atom. The molecule has 0 saturated carbocycles. The number of furan rings is 1. The number of rotatable bonds is 7. The molecular formula is C15H14BrCl2NO6S. The zero-order valence-corrected chi connectivity index (χ0v) is 17.3. The summed E-state index contributed by atoms with van der Waals surface area (Å²) in [6.07, 6.45) is 0.278. The maximum absolute atomic E-state index is 11.4. The van der Waals surface area contributed by atoms with Gasteiger partial charge in [0.2, 0.25) is 22.4 Å². The number of benzene rings is 1. The smallest absolute Gasteiger partial charge is 0.308 e. The number of esters is 1. The first-order valence-corrected chi connectivity index (χ1v) is 10.1. The maximum Gasteiger partial charge on any atom is 0.308 e. The van der Waals surface area contributed by atoms with Crippen LogP contribution in [0.2, 0.25) is 10.0 Å². The standard InChI is InChI=1S/C15H14BrCl2NO6S/c1-7(20)24-15-12(21)13(8-4-9(17)6-10(18)5-8)25-14(15)11(16)2-3-19-26(22)23/h4-6,11,21,26H,2-3H2,1H3,(H,19,22,23). The molecule has 0 fully saturated rings. The molecule has 7 nitrogen and oxygen atoms in total. The highest BCUT2D eigenvalue weighted by molar-refractivity contribution is 9.09. The summed E-state index contributed by atoms with van der Waals surface area (Å²) in [7, 11) is -2.73. The summed E-state index contributed by atoms with van der Waals surface area (Å²) in [6, 6.07) is 4.57. The predicted molar refractivity (Wildman–Crippen MR) is 102 cm³/mol. The fraction of sp³-hybridized carbons (Fsp3) is 0.267. The van der Waals surface area contributed by atoms with Crippen molar-refractivity contribution in [1.82, 2.24) is 4.72 Å². The number of nitrogens with one attached hydrogen (secondary N) is 1. The third kappa shape index (κ3) is 5.37. The molecule has 1 unspecified atom stereocenters. The van der Waals surface area contributed by atoms with Crippen molar-refractivity contribution in [3.8, 4) is 22.8 Å². The van der Waals surface area contributed by atoms with Crippen LogP contribution in [0.5, 0.6) is 11.5 Å². The number of aromatic hydroxyl groups is 1. The van der Waals surface area contributed by atoms with Crippen LogP contribution in [-0.4, -0.2) is 26.0 Å². The molecule has 1 aromatic heterocycles. The average Bonchev–Trinajstić information content (AvgIpc) is 2.82. The minimum absolute atomic E-state index is 0.0213. The minimum atomic E-state index is -2.73.